The minimum absolute atomic E-state index is 0.0534. The summed E-state index contributed by atoms with van der Waals surface area (Å²) in [7, 11) is 0. The second-order valence-corrected chi connectivity index (χ2v) is 5.75. The predicted molar refractivity (Wildman–Crippen MR) is 81.4 cm³/mol. The SMILES string of the molecule is Cc1cc(C)cc(NCC(=O)N[C@](C)(C#N)C(C)C)c1. The van der Waals surface area contributed by atoms with Gasteiger partial charge in [0.1, 0.15) is 5.54 Å². The smallest absolute Gasteiger partial charge is 0.240 e. The van der Waals surface area contributed by atoms with Gasteiger partial charge in [-0.25, -0.2) is 0 Å². The Morgan fingerprint density at radius 2 is 1.85 bits per heavy atom. The molecule has 2 N–H and O–H groups in total. The fraction of sp³-hybridized carbons (Fsp3) is 0.500. The summed E-state index contributed by atoms with van der Waals surface area (Å²) in [6.07, 6.45) is 0. The third kappa shape index (κ3) is 4.27. The normalized spacial score (nSPS) is 13.4. The van der Waals surface area contributed by atoms with Crippen LogP contribution in [0.15, 0.2) is 18.2 Å². The molecule has 1 rings (SSSR count). The number of rotatable bonds is 5. The van der Waals surface area contributed by atoms with E-state index < -0.39 is 5.54 Å². The predicted octanol–water partition coefficient (Wildman–Crippen LogP) is 2.77. The van der Waals surface area contributed by atoms with Gasteiger partial charge in [0, 0.05) is 5.69 Å². The van der Waals surface area contributed by atoms with Crippen LogP contribution in [0.4, 0.5) is 5.69 Å². The number of hydrogen-bond acceptors (Lipinski definition) is 3. The molecule has 4 nitrogen and oxygen atoms in total. The molecular weight excluding hydrogens is 250 g/mol. The van der Waals surface area contributed by atoms with Crippen molar-refractivity contribution in [2.75, 3.05) is 11.9 Å². The molecule has 0 spiro atoms. The van der Waals surface area contributed by atoms with Crippen LogP contribution < -0.4 is 10.6 Å². The number of aryl methyl sites for hydroxylation is 2. The second-order valence-electron chi connectivity index (χ2n) is 5.75. The molecule has 0 aliphatic rings. The number of benzene rings is 1. The maximum absolute atomic E-state index is 11.9. The summed E-state index contributed by atoms with van der Waals surface area (Å²) in [5.41, 5.74) is 2.39. The molecule has 0 saturated heterocycles. The number of carbonyl (C=O) groups is 1. The lowest BCUT2D eigenvalue weighted by Gasteiger charge is -2.27. The maximum Gasteiger partial charge on any atom is 0.240 e. The van der Waals surface area contributed by atoms with Crippen LogP contribution in [0, 0.1) is 31.1 Å². The second kappa shape index (κ2) is 6.42. The van der Waals surface area contributed by atoms with Gasteiger partial charge in [-0.05, 0) is 49.9 Å². The number of nitrogens with one attached hydrogen (secondary N) is 2. The zero-order chi connectivity index (χ0) is 15.3. The average molecular weight is 273 g/mol. The quantitative estimate of drug-likeness (QED) is 0.867. The molecule has 1 aromatic rings. The lowest BCUT2D eigenvalue weighted by Crippen LogP contribution is -2.50. The average Bonchev–Trinajstić information content (AvgIpc) is 2.35. The Hall–Kier alpha value is -2.02. The van der Waals surface area contributed by atoms with Crippen molar-refractivity contribution in [1.29, 1.82) is 5.26 Å². The van der Waals surface area contributed by atoms with E-state index in [9.17, 15) is 10.1 Å². The van der Waals surface area contributed by atoms with Gasteiger partial charge in [-0.2, -0.15) is 5.26 Å². The minimum atomic E-state index is -0.832. The van der Waals surface area contributed by atoms with E-state index in [0.717, 1.165) is 16.8 Å². The van der Waals surface area contributed by atoms with E-state index in [1.54, 1.807) is 6.92 Å². The van der Waals surface area contributed by atoms with Crippen molar-refractivity contribution in [2.24, 2.45) is 5.92 Å². The summed E-state index contributed by atoms with van der Waals surface area (Å²) < 4.78 is 0. The molecule has 0 bridgehead atoms. The monoisotopic (exact) mass is 273 g/mol. The third-order valence-electron chi connectivity index (χ3n) is 3.46. The molecule has 0 aliphatic heterocycles. The molecule has 1 aromatic carbocycles. The molecule has 4 heteroatoms. The summed E-state index contributed by atoms with van der Waals surface area (Å²) >= 11 is 0. The summed E-state index contributed by atoms with van der Waals surface area (Å²) in [5.74, 6) is -0.125. The Bertz CT molecular complexity index is 511. The molecule has 1 amide bonds. The van der Waals surface area contributed by atoms with Crippen molar-refractivity contribution in [3.8, 4) is 6.07 Å². The zero-order valence-electron chi connectivity index (χ0n) is 12.9. The molecule has 0 aliphatic carbocycles. The number of anilines is 1. The van der Waals surface area contributed by atoms with Crippen molar-refractivity contribution in [3.05, 3.63) is 29.3 Å². The Morgan fingerprint density at radius 3 is 2.30 bits per heavy atom. The van der Waals surface area contributed by atoms with E-state index >= 15 is 0 Å². The molecule has 108 valence electrons. The Kier molecular flexibility index (Phi) is 5.15. The molecular formula is C16H23N3O. The summed E-state index contributed by atoms with van der Waals surface area (Å²) in [6.45, 7) is 9.77. The largest absolute Gasteiger partial charge is 0.376 e. The first-order chi connectivity index (χ1) is 9.26. The van der Waals surface area contributed by atoms with Crippen LogP contribution in [0.3, 0.4) is 0 Å². The van der Waals surface area contributed by atoms with E-state index in [2.05, 4.69) is 22.8 Å². The lowest BCUT2D eigenvalue weighted by molar-refractivity contribution is -0.121. The molecule has 20 heavy (non-hydrogen) atoms. The van der Waals surface area contributed by atoms with Gasteiger partial charge < -0.3 is 10.6 Å². The number of nitrogens with zero attached hydrogens (tertiary/aromatic N) is 1. The van der Waals surface area contributed by atoms with Crippen molar-refractivity contribution in [1.82, 2.24) is 5.32 Å². The van der Waals surface area contributed by atoms with Gasteiger partial charge in [0.2, 0.25) is 5.91 Å². The van der Waals surface area contributed by atoms with Crippen LogP contribution in [0.5, 0.6) is 0 Å². The van der Waals surface area contributed by atoms with Gasteiger partial charge in [-0.1, -0.05) is 19.9 Å². The Labute approximate surface area is 121 Å². The van der Waals surface area contributed by atoms with Gasteiger partial charge in [0.05, 0.1) is 12.6 Å². The number of carbonyl (C=O) groups excluding carboxylic acids is 1. The molecule has 0 unspecified atom stereocenters. The van der Waals surface area contributed by atoms with E-state index in [1.165, 1.54) is 0 Å². The van der Waals surface area contributed by atoms with Crippen LogP contribution in [0.25, 0.3) is 0 Å². The molecule has 0 radical (unpaired) electrons. The zero-order valence-corrected chi connectivity index (χ0v) is 12.9. The molecule has 0 heterocycles. The summed E-state index contributed by atoms with van der Waals surface area (Å²) in [6, 6.07) is 8.23. The Morgan fingerprint density at radius 1 is 1.30 bits per heavy atom. The van der Waals surface area contributed by atoms with Crippen LogP contribution >= 0.6 is 0 Å². The minimum Gasteiger partial charge on any atom is -0.376 e. The highest BCUT2D eigenvalue weighted by Gasteiger charge is 2.29. The van der Waals surface area contributed by atoms with Gasteiger partial charge in [0.25, 0.3) is 0 Å². The maximum atomic E-state index is 11.9. The van der Waals surface area contributed by atoms with Crippen molar-refractivity contribution in [2.45, 2.75) is 40.2 Å². The third-order valence-corrected chi connectivity index (χ3v) is 3.46. The van der Waals surface area contributed by atoms with E-state index in [-0.39, 0.29) is 18.4 Å². The van der Waals surface area contributed by atoms with Gasteiger partial charge in [-0.15, -0.1) is 0 Å². The summed E-state index contributed by atoms with van der Waals surface area (Å²) in [5, 5.41) is 15.0. The molecule has 0 saturated carbocycles. The highest BCUT2D eigenvalue weighted by atomic mass is 16.2. The number of nitriles is 1. The van der Waals surface area contributed by atoms with Crippen LogP contribution in [-0.4, -0.2) is 18.0 Å². The number of hydrogen-bond donors (Lipinski definition) is 2. The topological polar surface area (TPSA) is 64.9 Å². The molecule has 0 fully saturated rings. The lowest BCUT2D eigenvalue weighted by atomic mass is 9.90. The molecule has 0 aromatic heterocycles. The summed E-state index contributed by atoms with van der Waals surface area (Å²) in [4.78, 5) is 11.9. The first-order valence-corrected chi connectivity index (χ1v) is 6.81. The van der Waals surface area contributed by atoms with E-state index in [4.69, 9.17) is 0 Å². The van der Waals surface area contributed by atoms with E-state index in [1.807, 2.05) is 39.8 Å². The van der Waals surface area contributed by atoms with Crippen molar-refractivity contribution < 1.29 is 4.79 Å². The highest BCUT2D eigenvalue weighted by Crippen LogP contribution is 2.16. The Balaban J connectivity index is 2.62. The van der Waals surface area contributed by atoms with Crippen LogP contribution in [0.2, 0.25) is 0 Å². The number of amides is 1. The standard InChI is InChI=1S/C16H23N3O/c1-11(2)16(5,10-17)19-15(20)9-18-14-7-12(3)6-13(4)8-14/h6-8,11,18H,9H2,1-5H3,(H,19,20)/t16-/m1/s1. The molecule has 1 atom stereocenters. The van der Waals surface area contributed by atoms with Gasteiger partial charge in [-0.3, -0.25) is 4.79 Å². The fourth-order valence-electron chi connectivity index (χ4n) is 1.89. The first kappa shape index (κ1) is 16.0. The highest BCUT2D eigenvalue weighted by molar-refractivity contribution is 5.81. The van der Waals surface area contributed by atoms with Gasteiger partial charge >= 0.3 is 0 Å². The first-order valence-electron chi connectivity index (χ1n) is 6.81. The van der Waals surface area contributed by atoms with Crippen LogP contribution in [-0.2, 0) is 4.79 Å². The van der Waals surface area contributed by atoms with Gasteiger partial charge in [0.15, 0.2) is 0 Å². The van der Waals surface area contributed by atoms with E-state index in [0.29, 0.717) is 0 Å². The fourth-order valence-corrected chi connectivity index (χ4v) is 1.89. The van der Waals surface area contributed by atoms with Crippen molar-refractivity contribution in [3.63, 3.8) is 0 Å². The van der Waals surface area contributed by atoms with Crippen LogP contribution in [0.1, 0.15) is 31.9 Å². The van der Waals surface area contributed by atoms with Crippen molar-refractivity contribution >= 4 is 11.6 Å².